The molecule has 0 radical (unpaired) electrons. The predicted octanol–water partition coefficient (Wildman–Crippen LogP) is 1.91. The number of rotatable bonds is 7. The van der Waals surface area contributed by atoms with Crippen molar-refractivity contribution in [1.82, 2.24) is 25.0 Å². The molecule has 1 N–H and O–H groups in total. The number of carbonyl (C=O) groups excluding carboxylic acids is 1. The highest BCUT2D eigenvalue weighted by atomic mass is 32.2. The Labute approximate surface area is 148 Å². The van der Waals surface area contributed by atoms with Crippen LogP contribution in [0.5, 0.6) is 0 Å². The van der Waals surface area contributed by atoms with Crippen LogP contribution in [-0.4, -0.2) is 49.3 Å². The van der Waals surface area contributed by atoms with E-state index in [0.29, 0.717) is 5.13 Å². The van der Waals surface area contributed by atoms with Crippen LogP contribution in [0, 0.1) is 6.92 Å². The van der Waals surface area contributed by atoms with Gasteiger partial charge in [0.25, 0.3) is 0 Å². The monoisotopic (exact) mass is 368 g/mol. The Morgan fingerprint density at radius 2 is 2.29 bits per heavy atom. The van der Waals surface area contributed by atoms with Gasteiger partial charge >= 0.3 is 0 Å². The molecule has 2 aromatic heterocycles. The van der Waals surface area contributed by atoms with Gasteiger partial charge in [0.1, 0.15) is 10.8 Å². The Balaban J connectivity index is 1.54. The molecule has 1 aliphatic heterocycles. The molecule has 0 aromatic carbocycles. The van der Waals surface area contributed by atoms with Gasteiger partial charge in [-0.25, -0.2) is 0 Å². The van der Waals surface area contributed by atoms with E-state index in [-0.39, 0.29) is 17.8 Å². The second-order valence-corrected chi connectivity index (χ2v) is 7.47. The minimum absolute atomic E-state index is 0.122. The molecule has 2 aromatic rings. The Kier molecular flexibility index (Phi) is 5.80. The first-order chi connectivity index (χ1) is 11.7. The third-order valence-corrected chi connectivity index (χ3v) is 5.61. The van der Waals surface area contributed by atoms with Crippen LogP contribution in [0.15, 0.2) is 5.16 Å². The predicted molar refractivity (Wildman–Crippen MR) is 92.4 cm³/mol. The van der Waals surface area contributed by atoms with E-state index in [4.69, 9.17) is 4.74 Å². The summed E-state index contributed by atoms with van der Waals surface area (Å²) in [5.74, 6) is 0.971. The van der Waals surface area contributed by atoms with Crippen LogP contribution in [0.1, 0.15) is 30.6 Å². The zero-order chi connectivity index (χ0) is 16.9. The van der Waals surface area contributed by atoms with E-state index in [2.05, 4.69) is 25.7 Å². The number of nitrogens with one attached hydrogen (secondary N) is 1. The lowest BCUT2D eigenvalue weighted by Crippen LogP contribution is -2.18. The van der Waals surface area contributed by atoms with Gasteiger partial charge in [-0.3, -0.25) is 10.1 Å². The summed E-state index contributed by atoms with van der Waals surface area (Å²) < 4.78 is 7.70. The molecule has 0 bridgehead atoms. The average molecular weight is 368 g/mol. The van der Waals surface area contributed by atoms with E-state index in [1.54, 1.807) is 0 Å². The number of carbonyl (C=O) groups is 1. The minimum atomic E-state index is -0.122. The first-order valence-corrected chi connectivity index (χ1v) is 9.72. The summed E-state index contributed by atoms with van der Waals surface area (Å²) in [6.07, 6.45) is 3.17. The molecule has 1 saturated heterocycles. The smallest absolute Gasteiger partial charge is 0.236 e. The van der Waals surface area contributed by atoms with Gasteiger partial charge in [0.05, 0.1) is 18.4 Å². The number of aromatic nitrogens is 5. The zero-order valence-corrected chi connectivity index (χ0v) is 15.3. The number of anilines is 1. The first-order valence-electron chi connectivity index (χ1n) is 7.92. The maximum absolute atomic E-state index is 12.1. The minimum Gasteiger partial charge on any atom is -0.376 e. The molecule has 3 heterocycles. The van der Waals surface area contributed by atoms with Crippen LogP contribution < -0.4 is 5.32 Å². The van der Waals surface area contributed by atoms with Crippen LogP contribution >= 0.6 is 23.1 Å². The number of thioether (sulfide) groups is 1. The maximum Gasteiger partial charge on any atom is 0.236 e. The molecule has 10 heteroatoms. The largest absolute Gasteiger partial charge is 0.376 e. The highest BCUT2D eigenvalue weighted by Crippen LogP contribution is 2.22. The summed E-state index contributed by atoms with van der Waals surface area (Å²) >= 11 is 2.77. The van der Waals surface area contributed by atoms with Gasteiger partial charge in [0, 0.05) is 6.61 Å². The van der Waals surface area contributed by atoms with Gasteiger partial charge in [-0.2, -0.15) is 0 Å². The van der Waals surface area contributed by atoms with Crippen LogP contribution in [-0.2, 0) is 22.5 Å². The number of ether oxygens (including phenoxy) is 1. The molecule has 1 amide bonds. The fraction of sp³-hybridized carbons (Fsp3) is 0.643. The fourth-order valence-corrected chi connectivity index (χ4v) is 3.89. The van der Waals surface area contributed by atoms with Gasteiger partial charge in [-0.1, -0.05) is 30.0 Å². The molecule has 1 aliphatic rings. The highest BCUT2D eigenvalue weighted by Gasteiger charge is 2.20. The quantitative estimate of drug-likeness (QED) is 0.746. The lowest BCUT2D eigenvalue weighted by molar-refractivity contribution is -0.113. The standard InChI is InChI=1S/C14H20N6O2S2/c1-3-12-17-18-13(24-12)15-11(21)8-23-14-19-16-9(2)20(14)7-10-5-4-6-22-10/h10H,3-8H2,1-2H3,(H,15,18,21)/t10-/m0/s1. The molecule has 24 heavy (non-hydrogen) atoms. The Bertz CT molecular complexity index is 695. The molecule has 8 nitrogen and oxygen atoms in total. The molecule has 1 fully saturated rings. The van der Waals surface area contributed by atoms with Gasteiger partial charge in [0.2, 0.25) is 11.0 Å². The van der Waals surface area contributed by atoms with Crippen molar-refractivity contribution < 1.29 is 9.53 Å². The van der Waals surface area contributed by atoms with Crippen LogP contribution in [0.25, 0.3) is 0 Å². The summed E-state index contributed by atoms with van der Waals surface area (Å²) in [4.78, 5) is 12.1. The van der Waals surface area contributed by atoms with E-state index >= 15 is 0 Å². The molecular weight excluding hydrogens is 348 g/mol. The molecular formula is C14H20N6O2S2. The normalized spacial score (nSPS) is 17.3. The third-order valence-electron chi connectivity index (χ3n) is 3.66. The fourth-order valence-electron chi connectivity index (χ4n) is 2.40. The van der Waals surface area contributed by atoms with Gasteiger partial charge in [-0.05, 0) is 26.2 Å². The molecule has 1 atom stereocenters. The summed E-state index contributed by atoms with van der Waals surface area (Å²) in [5, 5.41) is 21.2. The SMILES string of the molecule is CCc1nnc(NC(=O)CSc2nnc(C)n2C[C@@H]2CCCO2)s1. The van der Waals surface area contributed by atoms with Gasteiger partial charge in [0.15, 0.2) is 5.16 Å². The number of aryl methyl sites for hydroxylation is 2. The average Bonchev–Trinajstić information content (AvgIpc) is 3.30. The number of amides is 1. The summed E-state index contributed by atoms with van der Waals surface area (Å²) in [5.41, 5.74) is 0. The van der Waals surface area contributed by atoms with Crippen molar-refractivity contribution in [2.75, 3.05) is 17.7 Å². The molecule has 0 aliphatic carbocycles. The van der Waals surface area contributed by atoms with E-state index in [1.165, 1.54) is 23.1 Å². The first kappa shape index (κ1) is 17.3. The second-order valence-electron chi connectivity index (χ2n) is 5.47. The van der Waals surface area contributed by atoms with Gasteiger partial charge in [-0.15, -0.1) is 20.4 Å². The van der Waals surface area contributed by atoms with Crippen molar-refractivity contribution in [2.45, 2.75) is 50.9 Å². The van der Waals surface area contributed by atoms with Crippen LogP contribution in [0.3, 0.4) is 0 Å². The lowest BCUT2D eigenvalue weighted by Gasteiger charge is -2.13. The van der Waals surface area contributed by atoms with Crippen LogP contribution in [0.2, 0.25) is 0 Å². The van der Waals surface area contributed by atoms with E-state index < -0.39 is 0 Å². The number of hydrogen-bond acceptors (Lipinski definition) is 8. The zero-order valence-electron chi connectivity index (χ0n) is 13.7. The Morgan fingerprint density at radius 3 is 3.00 bits per heavy atom. The third kappa shape index (κ3) is 4.31. The molecule has 0 saturated carbocycles. The summed E-state index contributed by atoms with van der Waals surface area (Å²) in [6.45, 7) is 5.47. The van der Waals surface area contributed by atoms with Crippen molar-refractivity contribution in [1.29, 1.82) is 0 Å². The highest BCUT2D eigenvalue weighted by molar-refractivity contribution is 7.99. The van der Waals surface area contributed by atoms with Gasteiger partial charge < -0.3 is 9.30 Å². The molecule has 0 spiro atoms. The maximum atomic E-state index is 12.1. The van der Waals surface area contributed by atoms with E-state index in [9.17, 15) is 4.79 Å². The second kappa shape index (κ2) is 8.04. The lowest BCUT2D eigenvalue weighted by atomic mass is 10.2. The number of nitrogens with zero attached hydrogens (tertiary/aromatic N) is 5. The van der Waals surface area contributed by atoms with Crippen molar-refractivity contribution in [3.63, 3.8) is 0 Å². The molecule has 3 rings (SSSR count). The number of hydrogen-bond donors (Lipinski definition) is 1. The van der Waals surface area contributed by atoms with Crippen molar-refractivity contribution in [3.8, 4) is 0 Å². The summed E-state index contributed by atoms with van der Waals surface area (Å²) in [6, 6.07) is 0. The Morgan fingerprint density at radius 1 is 1.42 bits per heavy atom. The molecule has 130 valence electrons. The van der Waals surface area contributed by atoms with Crippen LogP contribution in [0.4, 0.5) is 5.13 Å². The Hall–Kier alpha value is -1.52. The van der Waals surface area contributed by atoms with E-state index in [0.717, 1.165) is 48.4 Å². The topological polar surface area (TPSA) is 94.8 Å². The van der Waals surface area contributed by atoms with Crippen molar-refractivity contribution in [3.05, 3.63) is 10.8 Å². The van der Waals surface area contributed by atoms with E-state index in [1.807, 2.05) is 18.4 Å². The van der Waals surface area contributed by atoms with Crippen molar-refractivity contribution >= 4 is 34.1 Å². The molecule has 0 unspecified atom stereocenters. The summed E-state index contributed by atoms with van der Waals surface area (Å²) in [7, 11) is 0. The van der Waals surface area contributed by atoms with Crippen molar-refractivity contribution in [2.24, 2.45) is 0 Å².